The lowest BCUT2D eigenvalue weighted by atomic mass is 10.1. The number of hydrogen-bond donors (Lipinski definition) is 1. The summed E-state index contributed by atoms with van der Waals surface area (Å²) < 4.78 is 5.70. The molecule has 1 aliphatic heterocycles. The van der Waals surface area contributed by atoms with Crippen molar-refractivity contribution in [2.45, 2.75) is 32.4 Å². The molecule has 0 spiro atoms. The molecule has 1 aromatic carbocycles. The van der Waals surface area contributed by atoms with Gasteiger partial charge in [0.15, 0.2) is 0 Å². The van der Waals surface area contributed by atoms with Crippen LogP contribution < -0.4 is 5.73 Å². The van der Waals surface area contributed by atoms with Crippen molar-refractivity contribution in [3.05, 3.63) is 36.0 Å². The Morgan fingerprint density at radius 2 is 2.05 bits per heavy atom. The number of fused-ring (bicyclic) bond motifs is 1. The van der Waals surface area contributed by atoms with Gasteiger partial charge in [0.2, 0.25) is 0 Å². The number of piperidine rings is 1. The standard InChI is InChI=1S/C17H23N3O/c1-2-21-14-7-9-20(10-8-14)12-13-11-16(18)15-5-3-4-6-17(15)19-13/h3-6,11,14H,2,7-10,12H2,1H3,(H2,18,19). The van der Waals surface area contributed by atoms with Crippen molar-refractivity contribution in [3.8, 4) is 0 Å². The second-order valence-electron chi connectivity index (χ2n) is 5.65. The normalized spacial score (nSPS) is 17.4. The molecule has 2 heterocycles. The fraction of sp³-hybridized carbons (Fsp3) is 0.471. The van der Waals surface area contributed by atoms with E-state index < -0.39 is 0 Å². The second-order valence-corrected chi connectivity index (χ2v) is 5.65. The molecule has 0 bridgehead atoms. The number of nitrogens with two attached hydrogens (primary N) is 1. The van der Waals surface area contributed by atoms with Gasteiger partial charge in [0.05, 0.1) is 17.3 Å². The first-order chi connectivity index (χ1) is 10.3. The van der Waals surface area contributed by atoms with E-state index in [4.69, 9.17) is 15.5 Å². The minimum absolute atomic E-state index is 0.431. The Balaban J connectivity index is 1.68. The zero-order valence-corrected chi connectivity index (χ0v) is 12.6. The van der Waals surface area contributed by atoms with E-state index in [2.05, 4.69) is 11.8 Å². The van der Waals surface area contributed by atoms with Gasteiger partial charge < -0.3 is 10.5 Å². The summed E-state index contributed by atoms with van der Waals surface area (Å²) in [4.78, 5) is 7.17. The Morgan fingerprint density at radius 1 is 1.29 bits per heavy atom. The molecular weight excluding hydrogens is 262 g/mol. The van der Waals surface area contributed by atoms with Gasteiger partial charge in [-0.1, -0.05) is 18.2 Å². The molecule has 0 unspecified atom stereocenters. The fourth-order valence-corrected chi connectivity index (χ4v) is 3.04. The summed E-state index contributed by atoms with van der Waals surface area (Å²) in [5, 5.41) is 1.04. The average Bonchev–Trinajstić information content (AvgIpc) is 2.50. The lowest BCUT2D eigenvalue weighted by molar-refractivity contribution is 0.0123. The number of nitrogen functional groups attached to an aromatic ring is 1. The van der Waals surface area contributed by atoms with Gasteiger partial charge in [-0.25, -0.2) is 0 Å². The first-order valence-electron chi connectivity index (χ1n) is 7.74. The molecule has 2 N–H and O–H groups in total. The molecule has 0 aliphatic carbocycles. The molecule has 4 nitrogen and oxygen atoms in total. The molecule has 1 saturated heterocycles. The lowest BCUT2D eigenvalue weighted by Crippen LogP contribution is -2.36. The second kappa shape index (κ2) is 6.41. The Morgan fingerprint density at radius 3 is 2.81 bits per heavy atom. The summed E-state index contributed by atoms with van der Waals surface area (Å²) in [5.41, 5.74) is 9.00. The van der Waals surface area contributed by atoms with Gasteiger partial charge >= 0.3 is 0 Å². The predicted molar refractivity (Wildman–Crippen MR) is 86.1 cm³/mol. The van der Waals surface area contributed by atoms with E-state index >= 15 is 0 Å². The number of pyridine rings is 1. The smallest absolute Gasteiger partial charge is 0.0726 e. The molecule has 0 amide bonds. The van der Waals surface area contributed by atoms with Crippen LogP contribution in [0.2, 0.25) is 0 Å². The number of likely N-dealkylation sites (tertiary alicyclic amines) is 1. The summed E-state index contributed by atoms with van der Waals surface area (Å²) in [7, 11) is 0. The number of aromatic nitrogens is 1. The van der Waals surface area contributed by atoms with Crippen LogP contribution in [0.4, 0.5) is 5.69 Å². The Labute approximate surface area is 125 Å². The third-order valence-electron chi connectivity index (χ3n) is 4.12. The minimum atomic E-state index is 0.431. The molecule has 0 radical (unpaired) electrons. The van der Waals surface area contributed by atoms with Crippen molar-refractivity contribution < 1.29 is 4.74 Å². The number of rotatable bonds is 4. The van der Waals surface area contributed by atoms with E-state index in [0.717, 1.165) is 61.4 Å². The molecule has 1 aromatic heterocycles. The maximum atomic E-state index is 6.15. The maximum absolute atomic E-state index is 6.15. The van der Waals surface area contributed by atoms with Crippen LogP contribution in [-0.2, 0) is 11.3 Å². The Hall–Kier alpha value is -1.65. The van der Waals surface area contributed by atoms with Crippen LogP contribution in [0.5, 0.6) is 0 Å². The molecule has 112 valence electrons. The summed E-state index contributed by atoms with van der Waals surface area (Å²) in [6.07, 6.45) is 2.65. The van der Waals surface area contributed by atoms with Crippen LogP contribution in [0.1, 0.15) is 25.5 Å². The SMILES string of the molecule is CCOC1CCN(Cc2cc(N)c3ccccc3n2)CC1. The molecule has 4 heteroatoms. The van der Waals surface area contributed by atoms with Crippen LogP contribution in [0, 0.1) is 0 Å². The first-order valence-corrected chi connectivity index (χ1v) is 7.74. The molecule has 1 fully saturated rings. The molecule has 0 saturated carbocycles. The topological polar surface area (TPSA) is 51.4 Å². The predicted octanol–water partition coefficient (Wildman–Crippen LogP) is 2.82. The van der Waals surface area contributed by atoms with Gasteiger partial charge in [0.25, 0.3) is 0 Å². The highest BCUT2D eigenvalue weighted by atomic mass is 16.5. The van der Waals surface area contributed by atoms with Gasteiger partial charge in [-0.15, -0.1) is 0 Å². The first kappa shape index (κ1) is 14.3. The van der Waals surface area contributed by atoms with Gasteiger partial charge in [0.1, 0.15) is 0 Å². The highest BCUT2D eigenvalue weighted by Gasteiger charge is 2.19. The van der Waals surface area contributed by atoms with Crippen LogP contribution in [0.25, 0.3) is 10.9 Å². The summed E-state index contributed by atoms with van der Waals surface area (Å²) in [6, 6.07) is 10.1. The van der Waals surface area contributed by atoms with Gasteiger partial charge in [0, 0.05) is 37.3 Å². The summed E-state index contributed by atoms with van der Waals surface area (Å²) in [6.45, 7) is 5.88. The van der Waals surface area contributed by atoms with Crippen LogP contribution in [0.15, 0.2) is 30.3 Å². The van der Waals surface area contributed by atoms with Crippen LogP contribution in [0.3, 0.4) is 0 Å². The molecule has 0 atom stereocenters. The highest BCUT2D eigenvalue weighted by molar-refractivity contribution is 5.90. The van der Waals surface area contributed by atoms with E-state index in [-0.39, 0.29) is 0 Å². The van der Waals surface area contributed by atoms with Crippen molar-refractivity contribution in [1.82, 2.24) is 9.88 Å². The number of hydrogen-bond acceptors (Lipinski definition) is 4. The fourth-order valence-electron chi connectivity index (χ4n) is 3.04. The number of ether oxygens (including phenoxy) is 1. The van der Waals surface area contributed by atoms with Crippen molar-refractivity contribution in [3.63, 3.8) is 0 Å². The maximum Gasteiger partial charge on any atom is 0.0726 e. The molecule has 3 rings (SSSR count). The summed E-state index contributed by atoms with van der Waals surface area (Å²) >= 11 is 0. The highest BCUT2D eigenvalue weighted by Crippen LogP contribution is 2.22. The number of nitrogens with zero attached hydrogens (tertiary/aromatic N) is 2. The Kier molecular flexibility index (Phi) is 4.36. The largest absolute Gasteiger partial charge is 0.398 e. The zero-order valence-electron chi connectivity index (χ0n) is 12.6. The third-order valence-corrected chi connectivity index (χ3v) is 4.12. The quantitative estimate of drug-likeness (QED) is 0.938. The van der Waals surface area contributed by atoms with Gasteiger partial charge in [-0.3, -0.25) is 9.88 Å². The van der Waals surface area contributed by atoms with E-state index in [1.807, 2.05) is 30.3 Å². The van der Waals surface area contributed by atoms with E-state index in [1.165, 1.54) is 0 Å². The monoisotopic (exact) mass is 285 g/mol. The van der Waals surface area contributed by atoms with Crippen molar-refractivity contribution in [2.75, 3.05) is 25.4 Å². The van der Waals surface area contributed by atoms with Crippen LogP contribution in [-0.4, -0.2) is 35.7 Å². The van der Waals surface area contributed by atoms with Gasteiger partial charge in [-0.05, 0) is 31.9 Å². The lowest BCUT2D eigenvalue weighted by Gasteiger charge is -2.31. The summed E-state index contributed by atoms with van der Waals surface area (Å²) in [5.74, 6) is 0. The van der Waals surface area contributed by atoms with Crippen molar-refractivity contribution in [1.29, 1.82) is 0 Å². The molecule has 21 heavy (non-hydrogen) atoms. The van der Waals surface area contributed by atoms with Crippen LogP contribution >= 0.6 is 0 Å². The third kappa shape index (κ3) is 3.34. The number of benzene rings is 1. The average molecular weight is 285 g/mol. The molecule has 1 aliphatic rings. The number of para-hydroxylation sites is 1. The molecule has 2 aromatic rings. The zero-order chi connectivity index (χ0) is 14.7. The van der Waals surface area contributed by atoms with E-state index in [0.29, 0.717) is 6.10 Å². The number of anilines is 1. The minimum Gasteiger partial charge on any atom is -0.398 e. The Bertz CT molecular complexity index is 606. The van der Waals surface area contributed by atoms with Crippen molar-refractivity contribution >= 4 is 16.6 Å². The van der Waals surface area contributed by atoms with Crippen molar-refractivity contribution in [2.24, 2.45) is 0 Å². The molecular formula is C17H23N3O. The van der Waals surface area contributed by atoms with E-state index in [1.54, 1.807) is 0 Å². The van der Waals surface area contributed by atoms with E-state index in [9.17, 15) is 0 Å². The van der Waals surface area contributed by atoms with Gasteiger partial charge in [-0.2, -0.15) is 0 Å².